The molecule has 6 unspecified atom stereocenters. The monoisotopic (exact) mass is 748 g/mol. The Bertz CT molecular complexity index is 1730. The lowest BCUT2D eigenvalue weighted by Gasteiger charge is -2.43. The van der Waals surface area contributed by atoms with Gasteiger partial charge >= 0.3 is 12.1 Å². The van der Waals surface area contributed by atoms with Gasteiger partial charge in [0.2, 0.25) is 5.91 Å². The molecule has 9 nitrogen and oxygen atoms in total. The number of benzene rings is 3. The number of aliphatic hydroxyl groups excluding tert-OH is 1. The molecule has 290 valence electrons. The molecule has 0 bridgehead atoms. The van der Waals surface area contributed by atoms with Crippen molar-refractivity contribution in [3.8, 4) is 11.1 Å². The summed E-state index contributed by atoms with van der Waals surface area (Å²) in [5.74, 6) is -2.49. The molecule has 2 amide bonds. The van der Waals surface area contributed by atoms with Crippen LogP contribution in [-0.2, 0) is 32.2 Å². The van der Waals surface area contributed by atoms with Crippen molar-refractivity contribution in [3.63, 3.8) is 0 Å². The standard InChI is InChI=1S/C42H51F3N4O5/c1-28-37(26-48-22-6-9-34(48)25-47-20-4-5-21-47)53-40(54-38(28)31-14-12-29(27-50)13-15-31)32-18-16-30(17-19-32)35-10-3-2-8-33(35)24-46-39(51)36-11-7-23-49(36)41(52)42(43,44)45/h2-3,8,10,12-19,28,34,36-38,40,50H,4-7,9,11,20-27H2,1H3,(H,46,51). The van der Waals surface area contributed by atoms with Gasteiger partial charge in [0.25, 0.3) is 0 Å². The van der Waals surface area contributed by atoms with Crippen LogP contribution >= 0.6 is 0 Å². The van der Waals surface area contributed by atoms with Crippen molar-refractivity contribution in [1.29, 1.82) is 0 Å². The molecule has 4 fully saturated rings. The van der Waals surface area contributed by atoms with E-state index in [-0.39, 0.29) is 44.2 Å². The molecule has 0 aromatic heterocycles. The van der Waals surface area contributed by atoms with Crippen LogP contribution in [0, 0.1) is 5.92 Å². The highest BCUT2D eigenvalue weighted by molar-refractivity contribution is 5.90. The fourth-order valence-corrected chi connectivity index (χ4v) is 8.69. The summed E-state index contributed by atoms with van der Waals surface area (Å²) in [6.07, 6.45) is -0.437. The molecule has 4 aliphatic heterocycles. The molecule has 6 atom stereocenters. The molecule has 3 aromatic rings. The zero-order valence-corrected chi connectivity index (χ0v) is 30.8. The quantitative estimate of drug-likeness (QED) is 0.236. The van der Waals surface area contributed by atoms with Gasteiger partial charge in [-0.05, 0) is 86.0 Å². The number of halogens is 3. The summed E-state index contributed by atoms with van der Waals surface area (Å²) >= 11 is 0. The van der Waals surface area contributed by atoms with E-state index in [0.29, 0.717) is 17.4 Å². The summed E-state index contributed by atoms with van der Waals surface area (Å²) in [5, 5.41) is 12.4. The van der Waals surface area contributed by atoms with E-state index in [2.05, 4.69) is 22.0 Å². The molecule has 7 rings (SSSR count). The average Bonchev–Trinajstić information content (AvgIpc) is 3.98. The third kappa shape index (κ3) is 8.68. The van der Waals surface area contributed by atoms with E-state index in [4.69, 9.17) is 9.47 Å². The first kappa shape index (κ1) is 38.5. The Kier molecular flexibility index (Phi) is 12.0. The largest absolute Gasteiger partial charge is 0.471 e. The van der Waals surface area contributed by atoms with Gasteiger partial charge in [-0.2, -0.15) is 13.2 Å². The van der Waals surface area contributed by atoms with E-state index in [9.17, 15) is 27.9 Å². The van der Waals surface area contributed by atoms with Crippen molar-refractivity contribution >= 4 is 11.8 Å². The Morgan fingerprint density at radius 2 is 1.54 bits per heavy atom. The highest BCUT2D eigenvalue weighted by Gasteiger charge is 2.47. The number of rotatable bonds is 11. The molecule has 0 radical (unpaired) electrons. The Balaban J connectivity index is 1.07. The number of nitrogens with one attached hydrogen (secondary N) is 1. The van der Waals surface area contributed by atoms with Crippen LogP contribution in [0.5, 0.6) is 0 Å². The second-order valence-electron chi connectivity index (χ2n) is 15.3. The lowest BCUT2D eigenvalue weighted by atomic mass is 9.89. The van der Waals surface area contributed by atoms with Crippen LogP contribution in [0.4, 0.5) is 13.2 Å². The van der Waals surface area contributed by atoms with E-state index in [1.165, 1.54) is 38.8 Å². The smallest absolute Gasteiger partial charge is 0.392 e. The minimum Gasteiger partial charge on any atom is -0.392 e. The van der Waals surface area contributed by atoms with Gasteiger partial charge in [-0.25, -0.2) is 0 Å². The molecule has 0 spiro atoms. The second kappa shape index (κ2) is 16.9. The number of likely N-dealkylation sites (tertiary alicyclic amines) is 3. The molecule has 2 N–H and O–H groups in total. The molecule has 4 saturated heterocycles. The third-order valence-electron chi connectivity index (χ3n) is 11.7. The van der Waals surface area contributed by atoms with Crippen LogP contribution in [0.3, 0.4) is 0 Å². The zero-order valence-electron chi connectivity index (χ0n) is 30.8. The van der Waals surface area contributed by atoms with Crippen molar-refractivity contribution in [1.82, 2.24) is 20.0 Å². The predicted molar refractivity (Wildman–Crippen MR) is 198 cm³/mol. The Hall–Kier alpha value is -3.81. The first-order chi connectivity index (χ1) is 26.1. The number of hydrogen-bond acceptors (Lipinski definition) is 7. The number of amides is 2. The first-order valence-corrected chi connectivity index (χ1v) is 19.4. The van der Waals surface area contributed by atoms with E-state index >= 15 is 0 Å². The Labute approximate surface area is 315 Å². The van der Waals surface area contributed by atoms with Crippen molar-refractivity contribution in [2.75, 3.05) is 39.3 Å². The van der Waals surface area contributed by atoms with Gasteiger partial charge in [0.15, 0.2) is 6.29 Å². The summed E-state index contributed by atoms with van der Waals surface area (Å²) in [6, 6.07) is 22.9. The number of carbonyl (C=O) groups is 2. The summed E-state index contributed by atoms with van der Waals surface area (Å²) in [5.41, 5.74) is 5.34. The van der Waals surface area contributed by atoms with E-state index in [0.717, 1.165) is 53.0 Å². The van der Waals surface area contributed by atoms with Gasteiger partial charge in [0, 0.05) is 43.7 Å². The minimum absolute atomic E-state index is 0.0208. The fourth-order valence-electron chi connectivity index (χ4n) is 8.69. The van der Waals surface area contributed by atoms with Crippen LogP contribution < -0.4 is 5.32 Å². The Morgan fingerprint density at radius 1 is 0.833 bits per heavy atom. The second-order valence-corrected chi connectivity index (χ2v) is 15.3. The van der Waals surface area contributed by atoms with E-state index < -0.39 is 30.3 Å². The highest BCUT2D eigenvalue weighted by Crippen LogP contribution is 2.43. The van der Waals surface area contributed by atoms with E-state index in [1.807, 2.05) is 72.8 Å². The summed E-state index contributed by atoms with van der Waals surface area (Å²) in [7, 11) is 0. The van der Waals surface area contributed by atoms with Crippen LogP contribution in [0.2, 0.25) is 0 Å². The van der Waals surface area contributed by atoms with Gasteiger partial charge in [-0.15, -0.1) is 0 Å². The molecule has 4 heterocycles. The lowest BCUT2D eigenvalue weighted by molar-refractivity contribution is -0.276. The molecule has 4 aliphatic rings. The first-order valence-electron chi connectivity index (χ1n) is 19.4. The van der Waals surface area contributed by atoms with Crippen LogP contribution in [0.15, 0.2) is 72.8 Å². The number of hydrogen-bond donors (Lipinski definition) is 2. The summed E-state index contributed by atoms with van der Waals surface area (Å²) in [4.78, 5) is 30.8. The maximum atomic E-state index is 13.1. The predicted octanol–water partition coefficient (Wildman–Crippen LogP) is 6.37. The third-order valence-corrected chi connectivity index (χ3v) is 11.7. The molecule has 3 aromatic carbocycles. The lowest BCUT2D eigenvalue weighted by Crippen LogP contribution is -2.50. The normalized spacial score (nSPS) is 26.7. The maximum Gasteiger partial charge on any atom is 0.471 e. The fraction of sp³-hybridized carbons (Fsp3) is 0.524. The van der Waals surface area contributed by atoms with Crippen molar-refractivity contribution in [2.45, 2.75) is 95.4 Å². The van der Waals surface area contributed by atoms with E-state index in [1.54, 1.807) is 0 Å². The molecule has 0 aliphatic carbocycles. The maximum absolute atomic E-state index is 13.1. The van der Waals surface area contributed by atoms with Crippen LogP contribution in [0.25, 0.3) is 11.1 Å². The van der Waals surface area contributed by atoms with Crippen molar-refractivity contribution in [3.05, 3.63) is 95.1 Å². The van der Waals surface area contributed by atoms with Gasteiger partial charge in [-0.1, -0.05) is 79.7 Å². The van der Waals surface area contributed by atoms with Crippen molar-refractivity contribution in [2.24, 2.45) is 5.92 Å². The van der Waals surface area contributed by atoms with Gasteiger partial charge in [0.05, 0.1) is 18.8 Å². The Morgan fingerprint density at radius 3 is 2.26 bits per heavy atom. The number of ether oxygens (including phenoxy) is 2. The summed E-state index contributed by atoms with van der Waals surface area (Å²) in [6.45, 7) is 7.55. The number of aliphatic hydroxyl groups is 1. The van der Waals surface area contributed by atoms with Crippen molar-refractivity contribution < 1.29 is 37.3 Å². The highest BCUT2D eigenvalue weighted by atomic mass is 19.4. The summed E-state index contributed by atoms with van der Waals surface area (Å²) < 4.78 is 53.0. The topological polar surface area (TPSA) is 94.6 Å². The molecule has 0 saturated carbocycles. The molecular formula is C42H51F3N4O5. The number of carbonyl (C=O) groups excluding carboxylic acids is 2. The molecular weight excluding hydrogens is 697 g/mol. The van der Waals surface area contributed by atoms with Gasteiger partial charge in [0.1, 0.15) is 6.04 Å². The molecule has 12 heteroatoms. The molecule has 54 heavy (non-hydrogen) atoms. The zero-order chi connectivity index (χ0) is 37.8. The van der Waals surface area contributed by atoms with Gasteiger partial charge < -0.3 is 29.7 Å². The average molecular weight is 749 g/mol. The SMILES string of the molecule is CC1C(CN2CCCC2CN2CCCC2)OC(c2ccc(-c3ccccc3CNC(=O)C3CCCN3C(=O)C(F)(F)F)cc2)OC1c1ccc(CO)cc1. The number of alkyl halides is 3. The van der Waals surface area contributed by atoms with Crippen LogP contribution in [-0.4, -0.2) is 95.3 Å². The van der Waals surface area contributed by atoms with Crippen LogP contribution in [0.1, 0.15) is 80.1 Å². The van der Waals surface area contributed by atoms with Gasteiger partial charge in [-0.3, -0.25) is 14.5 Å². The number of nitrogens with zero attached hydrogens (tertiary/aromatic N) is 3. The minimum atomic E-state index is -5.02.